The standard InChI is InChI=1S/C13H14BrN3O3/c1-8-5-10(17-20-8)6-19-7-12(18)16-13-9(2)11(14)3-4-15-13/h3-5H,6-7H2,1-2H3,(H,15,16,18). The van der Waals surface area contributed by atoms with Crippen LogP contribution in [0.1, 0.15) is 17.0 Å². The summed E-state index contributed by atoms with van der Waals surface area (Å²) in [5, 5.41) is 6.47. The van der Waals surface area contributed by atoms with Gasteiger partial charge in [0.25, 0.3) is 5.91 Å². The highest BCUT2D eigenvalue weighted by atomic mass is 79.9. The Morgan fingerprint density at radius 2 is 2.30 bits per heavy atom. The highest BCUT2D eigenvalue weighted by Crippen LogP contribution is 2.20. The first-order valence-corrected chi connectivity index (χ1v) is 6.76. The number of aryl methyl sites for hydroxylation is 1. The van der Waals surface area contributed by atoms with Crippen molar-refractivity contribution in [3.63, 3.8) is 0 Å². The third-order valence-electron chi connectivity index (χ3n) is 2.56. The molecule has 0 unspecified atom stereocenters. The van der Waals surface area contributed by atoms with E-state index in [1.54, 1.807) is 19.2 Å². The van der Waals surface area contributed by atoms with E-state index in [-0.39, 0.29) is 19.1 Å². The van der Waals surface area contributed by atoms with Gasteiger partial charge in [-0.05, 0) is 19.9 Å². The third-order valence-corrected chi connectivity index (χ3v) is 3.41. The largest absolute Gasteiger partial charge is 0.365 e. The Hall–Kier alpha value is -1.73. The van der Waals surface area contributed by atoms with Gasteiger partial charge in [0, 0.05) is 22.3 Å². The van der Waals surface area contributed by atoms with Crippen molar-refractivity contribution in [3.8, 4) is 0 Å². The van der Waals surface area contributed by atoms with Crippen LogP contribution in [0.4, 0.5) is 5.82 Å². The second-order valence-corrected chi connectivity index (χ2v) is 5.09. The molecule has 2 rings (SSSR count). The number of carbonyl (C=O) groups excluding carboxylic acids is 1. The van der Waals surface area contributed by atoms with Crippen molar-refractivity contribution < 1.29 is 14.1 Å². The van der Waals surface area contributed by atoms with Crippen molar-refractivity contribution in [2.45, 2.75) is 20.5 Å². The van der Waals surface area contributed by atoms with Crippen LogP contribution in [0.3, 0.4) is 0 Å². The Kier molecular flexibility index (Phi) is 4.86. The topological polar surface area (TPSA) is 77.2 Å². The van der Waals surface area contributed by atoms with E-state index in [9.17, 15) is 4.79 Å². The Morgan fingerprint density at radius 1 is 1.50 bits per heavy atom. The van der Waals surface area contributed by atoms with Gasteiger partial charge in [-0.25, -0.2) is 4.98 Å². The van der Waals surface area contributed by atoms with Crippen LogP contribution in [0.25, 0.3) is 0 Å². The number of nitrogens with zero attached hydrogens (tertiary/aromatic N) is 2. The van der Waals surface area contributed by atoms with Gasteiger partial charge in [-0.15, -0.1) is 0 Å². The van der Waals surface area contributed by atoms with Gasteiger partial charge in [0.2, 0.25) is 0 Å². The van der Waals surface area contributed by atoms with Crippen LogP contribution in [-0.2, 0) is 16.1 Å². The van der Waals surface area contributed by atoms with Gasteiger partial charge in [0.15, 0.2) is 0 Å². The summed E-state index contributed by atoms with van der Waals surface area (Å²) in [5.41, 5.74) is 1.53. The number of anilines is 1. The third kappa shape index (κ3) is 3.88. The zero-order valence-corrected chi connectivity index (χ0v) is 12.7. The smallest absolute Gasteiger partial charge is 0.251 e. The van der Waals surface area contributed by atoms with Gasteiger partial charge in [-0.3, -0.25) is 4.79 Å². The molecular formula is C13H14BrN3O3. The second-order valence-electron chi connectivity index (χ2n) is 4.24. The average Bonchev–Trinajstić information content (AvgIpc) is 2.81. The molecule has 7 heteroatoms. The predicted molar refractivity (Wildman–Crippen MR) is 76.2 cm³/mol. The minimum atomic E-state index is -0.265. The van der Waals surface area contributed by atoms with Crippen molar-refractivity contribution in [2.75, 3.05) is 11.9 Å². The summed E-state index contributed by atoms with van der Waals surface area (Å²) in [6.07, 6.45) is 1.62. The summed E-state index contributed by atoms with van der Waals surface area (Å²) in [4.78, 5) is 15.8. The Labute approximate surface area is 124 Å². The quantitative estimate of drug-likeness (QED) is 0.905. The number of ether oxygens (including phenoxy) is 1. The van der Waals surface area contributed by atoms with Gasteiger partial charge in [-0.1, -0.05) is 21.1 Å². The maximum absolute atomic E-state index is 11.7. The first-order valence-electron chi connectivity index (χ1n) is 5.97. The van der Waals surface area contributed by atoms with Gasteiger partial charge in [0.05, 0.1) is 6.61 Å². The lowest BCUT2D eigenvalue weighted by Crippen LogP contribution is -2.19. The molecule has 20 heavy (non-hydrogen) atoms. The van der Waals surface area contributed by atoms with E-state index in [4.69, 9.17) is 9.26 Å². The summed E-state index contributed by atoms with van der Waals surface area (Å²) in [5.74, 6) is 0.964. The lowest BCUT2D eigenvalue weighted by molar-refractivity contribution is -0.121. The molecular weight excluding hydrogens is 326 g/mol. The fourth-order valence-corrected chi connectivity index (χ4v) is 1.85. The van der Waals surface area contributed by atoms with Gasteiger partial charge < -0.3 is 14.6 Å². The number of halogens is 1. The molecule has 2 aromatic rings. The number of amides is 1. The van der Waals surface area contributed by atoms with Crippen molar-refractivity contribution in [1.82, 2.24) is 10.1 Å². The zero-order valence-electron chi connectivity index (χ0n) is 11.1. The Balaban J connectivity index is 1.82. The number of hydrogen-bond donors (Lipinski definition) is 1. The minimum Gasteiger partial charge on any atom is -0.365 e. The lowest BCUT2D eigenvalue weighted by atomic mass is 10.3. The van der Waals surface area contributed by atoms with E-state index < -0.39 is 0 Å². The predicted octanol–water partition coefficient (Wildman–Crippen LogP) is 2.60. The first kappa shape index (κ1) is 14.7. The summed E-state index contributed by atoms with van der Waals surface area (Å²) in [6.45, 7) is 3.83. The second kappa shape index (κ2) is 6.62. The van der Waals surface area contributed by atoms with E-state index in [0.29, 0.717) is 17.3 Å². The lowest BCUT2D eigenvalue weighted by Gasteiger charge is -2.08. The average molecular weight is 340 g/mol. The molecule has 0 aliphatic rings. The van der Waals surface area contributed by atoms with E-state index in [2.05, 4.69) is 31.4 Å². The number of hydrogen-bond acceptors (Lipinski definition) is 5. The maximum atomic E-state index is 11.7. The number of rotatable bonds is 5. The van der Waals surface area contributed by atoms with Crippen LogP contribution in [-0.4, -0.2) is 22.7 Å². The molecule has 106 valence electrons. The van der Waals surface area contributed by atoms with Crippen molar-refractivity contribution in [1.29, 1.82) is 0 Å². The maximum Gasteiger partial charge on any atom is 0.251 e. The summed E-state index contributed by atoms with van der Waals surface area (Å²) >= 11 is 3.38. The van der Waals surface area contributed by atoms with E-state index in [1.165, 1.54) is 0 Å². The monoisotopic (exact) mass is 339 g/mol. The van der Waals surface area contributed by atoms with E-state index in [0.717, 1.165) is 10.0 Å². The van der Waals surface area contributed by atoms with E-state index >= 15 is 0 Å². The zero-order chi connectivity index (χ0) is 14.5. The molecule has 1 N–H and O–H groups in total. The SMILES string of the molecule is Cc1cc(COCC(=O)Nc2nccc(Br)c2C)no1. The minimum absolute atomic E-state index is 0.0699. The Bertz CT molecular complexity index is 613. The van der Waals surface area contributed by atoms with Gasteiger partial charge in [-0.2, -0.15) is 0 Å². The number of pyridine rings is 1. The molecule has 6 nitrogen and oxygen atoms in total. The van der Waals surface area contributed by atoms with Crippen LogP contribution in [0.2, 0.25) is 0 Å². The fourth-order valence-electron chi connectivity index (χ4n) is 1.54. The molecule has 0 saturated carbocycles. The van der Waals surface area contributed by atoms with Crippen LogP contribution in [0.15, 0.2) is 27.3 Å². The van der Waals surface area contributed by atoms with Crippen molar-refractivity contribution in [3.05, 3.63) is 39.8 Å². The Morgan fingerprint density at radius 3 is 3.00 bits per heavy atom. The molecule has 0 atom stereocenters. The molecule has 0 fully saturated rings. The molecule has 0 spiro atoms. The van der Waals surface area contributed by atoms with Gasteiger partial charge >= 0.3 is 0 Å². The molecule has 0 aromatic carbocycles. The van der Waals surface area contributed by atoms with Crippen LogP contribution < -0.4 is 5.32 Å². The fraction of sp³-hybridized carbons (Fsp3) is 0.308. The molecule has 0 saturated heterocycles. The molecule has 2 aromatic heterocycles. The first-order chi connectivity index (χ1) is 9.56. The van der Waals surface area contributed by atoms with Gasteiger partial charge in [0.1, 0.15) is 23.9 Å². The number of carbonyl (C=O) groups is 1. The summed E-state index contributed by atoms with van der Waals surface area (Å²) < 4.78 is 11.1. The molecule has 0 bridgehead atoms. The molecule has 2 heterocycles. The highest BCUT2D eigenvalue weighted by molar-refractivity contribution is 9.10. The normalized spacial score (nSPS) is 10.6. The highest BCUT2D eigenvalue weighted by Gasteiger charge is 2.08. The molecule has 1 amide bonds. The number of aromatic nitrogens is 2. The summed E-state index contributed by atoms with van der Waals surface area (Å²) in [6, 6.07) is 3.58. The van der Waals surface area contributed by atoms with Crippen LogP contribution in [0, 0.1) is 13.8 Å². The molecule has 0 aliphatic carbocycles. The van der Waals surface area contributed by atoms with Crippen molar-refractivity contribution >= 4 is 27.7 Å². The molecule has 0 aliphatic heterocycles. The van der Waals surface area contributed by atoms with Crippen LogP contribution >= 0.6 is 15.9 Å². The molecule has 0 radical (unpaired) electrons. The number of nitrogens with one attached hydrogen (secondary N) is 1. The van der Waals surface area contributed by atoms with Crippen molar-refractivity contribution in [2.24, 2.45) is 0 Å². The summed E-state index contributed by atoms with van der Waals surface area (Å²) in [7, 11) is 0. The van der Waals surface area contributed by atoms with Crippen LogP contribution in [0.5, 0.6) is 0 Å². The van der Waals surface area contributed by atoms with E-state index in [1.807, 2.05) is 13.0 Å².